The number of hydrogen-bond donors (Lipinski definition) is 3. The van der Waals surface area contributed by atoms with Crippen LogP contribution < -0.4 is 5.32 Å². The van der Waals surface area contributed by atoms with Gasteiger partial charge < -0.3 is 20.1 Å². The highest BCUT2D eigenvalue weighted by Crippen LogP contribution is 2.21. The molecule has 5 nitrogen and oxygen atoms in total. The zero-order valence-electron chi connectivity index (χ0n) is 12.3. The highest BCUT2D eigenvalue weighted by molar-refractivity contribution is 6.03. The molecule has 1 saturated heterocycles. The SMILES string of the molecule is C.O=C(O)c1cn(C/C=C/[C@H]2NCCC[C@@H]2O)c2ccccc12. The van der Waals surface area contributed by atoms with Crippen LogP contribution >= 0.6 is 0 Å². The number of piperidine rings is 1. The van der Waals surface area contributed by atoms with Gasteiger partial charge in [0.2, 0.25) is 0 Å². The predicted octanol–water partition coefficient (Wildman–Crippen LogP) is 2.64. The van der Waals surface area contributed by atoms with Crippen molar-refractivity contribution in [3.05, 3.63) is 48.2 Å². The van der Waals surface area contributed by atoms with Gasteiger partial charge in [0, 0.05) is 23.6 Å². The van der Waals surface area contributed by atoms with Crippen molar-refractivity contribution in [2.75, 3.05) is 6.54 Å². The van der Waals surface area contributed by atoms with Crippen LogP contribution in [0.25, 0.3) is 10.9 Å². The van der Waals surface area contributed by atoms with Crippen LogP contribution in [0.15, 0.2) is 42.6 Å². The van der Waals surface area contributed by atoms with Gasteiger partial charge in [-0.25, -0.2) is 4.79 Å². The molecular formula is C18H24N2O3. The molecule has 2 aromatic rings. The molecule has 1 aromatic heterocycles. The Morgan fingerprint density at radius 3 is 2.91 bits per heavy atom. The van der Waals surface area contributed by atoms with Gasteiger partial charge in [0.25, 0.3) is 0 Å². The quantitative estimate of drug-likeness (QED) is 0.758. The van der Waals surface area contributed by atoms with Crippen molar-refractivity contribution in [1.29, 1.82) is 0 Å². The number of aromatic nitrogens is 1. The summed E-state index contributed by atoms with van der Waals surface area (Å²) in [4.78, 5) is 11.3. The third-order valence-corrected chi connectivity index (χ3v) is 4.14. The highest BCUT2D eigenvalue weighted by Gasteiger charge is 2.19. The summed E-state index contributed by atoms with van der Waals surface area (Å²) in [6.07, 6.45) is 7.08. The standard InChI is InChI=1S/C17H20N2O3.CH4/c20-16-8-3-9-18-14(16)6-4-10-19-11-13(17(21)22)12-5-1-2-7-15(12)19;/h1-2,4-7,11,14,16,18,20H,3,8-10H2,(H,21,22);1H4/b6-4+;/t14-,16+;/m1./s1. The lowest BCUT2D eigenvalue weighted by molar-refractivity contribution is 0.0699. The lowest BCUT2D eigenvalue weighted by Crippen LogP contribution is -2.43. The second kappa shape index (κ2) is 7.44. The van der Waals surface area contributed by atoms with Crippen LogP contribution in [0.4, 0.5) is 0 Å². The predicted molar refractivity (Wildman–Crippen MR) is 91.8 cm³/mol. The first-order valence-electron chi connectivity index (χ1n) is 7.56. The van der Waals surface area contributed by atoms with E-state index in [4.69, 9.17) is 0 Å². The molecule has 2 atom stereocenters. The molecule has 1 aromatic carbocycles. The molecular weight excluding hydrogens is 292 g/mol. The number of benzene rings is 1. The van der Waals surface area contributed by atoms with E-state index in [1.165, 1.54) is 0 Å². The number of nitrogens with one attached hydrogen (secondary N) is 1. The van der Waals surface area contributed by atoms with E-state index in [2.05, 4.69) is 5.32 Å². The van der Waals surface area contributed by atoms with Crippen LogP contribution in [0.5, 0.6) is 0 Å². The zero-order chi connectivity index (χ0) is 15.5. The van der Waals surface area contributed by atoms with Crippen LogP contribution in [0.1, 0.15) is 30.6 Å². The summed E-state index contributed by atoms with van der Waals surface area (Å²) in [6, 6.07) is 7.47. The number of aliphatic hydroxyl groups is 1. The van der Waals surface area contributed by atoms with Crippen molar-refractivity contribution in [2.45, 2.75) is 39.0 Å². The van der Waals surface area contributed by atoms with Crippen LogP contribution in [0.3, 0.4) is 0 Å². The minimum absolute atomic E-state index is 0. The maximum Gasteiger partial charge on any atom is 0.337 e. The molecule has 3 rings (SSSR count). The van der Waals surface area contributed by atoms with Crippen molar-refractivity contribution in [1.82, 2.24) is 9.88 Å². The molecule has 124 valence electrons. The van der Waals surface area contributed by atoms with Gasteiger partial charge in [-0.2, -0.15) is 0 Å². The van der Waals surface area contributed by atoms with E-state index in [0.29, 0.717) is 12.1 Å². The van der Waals surface area contributed by atoms with Gasteiger partial charge in [0.1, 0.15) is 0 Å². The molecule has 0 unspecified atom stereocenters. The van der Waals surface area contributed by atoms with Gasteiger partial charge in [-0.1, -0.05) is 37.8 Å². The Bertz CT molecular complexity index is 705. The molecule has 0 radical (unpaired) electrons. The van der Waals surface area contributed by atoms with Crippen molar-refractivity contribution < 1.29 is 15.0 Å². The number of aromatic carboxylic acids is 1. The summed E-state index contributed by atoms with van der Waals surface area (Å²) in [5, 5.41) is 23.2. The number of carboxylic acid groups (broad SMARTS) is 1. The molecule has 1 fully saturated rings. The van der Waals surface area contributed by atoms with Gasteiger partial charge in [-0.15, -0.1) is 0 Å². The normalized spacial score (nSPS) is 21.4. The number of hydrogen-bond acceptors (Lipinski definition) is 3. The minimum atomic E-state index is -0.914. The molecule has 0 bridgehead atoms. The number of fused-ring (bicyclic) bond motifs is 1. The van der Waals surface area contributed by atoms with E-state index in [0.717, 1.165) is 30.3 Å². The number of carbonyl (C=O) groups is 1. The van der Waals surface area contributed by atoms with Crippen molar-refractivity contribution in [2.24, 2.45) is 0 Å². The Balaban J connectivity index is 0.00000192. The zero-order valence-corrected chi connectivity index (χ0v) is 12.3. The highest BCUT2D eigenvalue weighted by atomic mass is 16.4. The number of allylic oxidation sites excluding steroid dienone is 1. The fraction of sp³-hybridized carbons (Fsp3) is 0.389. The number of rotatable bonds is 4. The van der Waals surface area contributed by atoms with Crippen LogP contribution in [0.2, 0.25) is 0 Å². The summed E-state index contributed by atoms with van der Waals surface area (Å²) in [5.41, 5.74) is 1.22. The molecule has 1 aliphatic rings. The average molecular weight is 316 g/mol. The summed E-state index contributed by atoms with van der Waals surface area (Å²) in [5.74, 6) is -0.914. The maximum atomic E-state index is 11.3. The van der Waals surface area contributed by atoms with Crippen LogP contribution in [-0.2, 0) is 6.54 Å². The Morgan fingerprint density at radius 1 is 1.39 bits per heavy atom. The molecule has 0 aliphatic carbocycles. The van der Waals surface area contributed by atoms with E-state index >= 15 is 0 Å². The number of para-hydroxylation sites is 1. The van der Waals surface area contributed by atoms with Gasteiger partial charge in [0.15, 0.2) is 0 Å². The third-order valence-electron chi connectivity index (χ3n) is 4.14. The van der Waals surface area contributed by atoms with E-state index in [9.17, 15) is 15.0 Å². The first-order valence-corrected chi connectivity index (χ1v) is 7.56. The lowest BCUT2D eigenvalue weighted by Gasteiger charge is -2.26. The summed E-state index contributed by atoms with van der Waals surface area (Å²) < 4.78 is 1.92. The third kappa shape index (κ3) is 3.63. The van der Waals surface area contributed by atoms with Gasteiger partial charge in [-0.3, -0.25) is 0 Å². The Hall–Kier alpha value is -2.11. The smallest absolute Gasteiger partial charge is 0.337 e. The van der Waals surface area contributed by atoms with Gasteiger partial charge in [-0.05, 0) is 25.5 Å². The van der Waals surface area contributed by atoms with Gasteiger partial charge >= 0.3 is 5.97 Å². The Labute approximate surface area is 136 Å². The van der Waals surface area contributed by atoms with Crippen LogP contribution in [0, 0.1) is 0 Å². The fourth-order valence-corrected chi connectivity index (χ4v) is 2.98. The summed E-state index contributed by atoms with van der Waals surface area (Å²) in [7, 11) is 0. The number of nitrogens with zero attached hydrogens (tertiary/aromatic N) is 1. The number of aliphatic hydroxyl groups excluding tert-OH is 1. The van der Waals surface area contributed by atoms with Crippen LogP contribution in [-0.4, -0.2) is 39.4 Å². The average Bonchev–Trinajstić information content (AvgIpc) is 2.89. The second-order valence-corrected chi connectivity index (χ2v) is 5.64. The number of carboxylic acids is 1. The summed E-state index contributed by atoms with van der Waals surface area (Å²) >= 11 is 0. The van der Waals surface area contributed by atoms with Crippen molar-refractivity contribution in [3.63, 3.8) is 0 Å². The first kappa shape index (κ1) is 17.2. The molecule has 0 saturated carbocycles. The summed E-state index contributed by atoms with van der Waals surface area (Å²) in [6.45, 7) is 1.50. The van der Waals surface area contributed by atoms with E-state index < -0.39 is 5.97 Å². The van der Waals surface area contributed by atoms with Crippen molar-refractivity contribution in [3.8, 4) is 0 Å². The molecule has 0 amide bonds. The maximum absolute atomic E-state index is 11.3. The molecule has 1 aliphatic heterocycles. The van der Waals surface area contributed by atoms with E-state index in [1.807, 2.05) is 41.0 Å². The second-order valence-electron chi connectivity index (χ2n) is 5.64. The largest absolute Gasteiger partial charge is 0.478 e. The molecule has 23 heavy (non-hydrogen) atoms. The van der Waals surface area contributed by atoms with E-state index in [-0.39, 0.29) is 19.6 Å². The van der Waals surface area contributed by atoms with E-state index in [1.54, 1.807) is 6.20 Å². The first-order chi connectivity index (χ1) is 10.7. The molecule has 3 N–H and O–H groups in total. The lowest BCUT2D eigenvalue weighted by atomic mass is 10.0. The Morgan fingerprint density at radius 2 is 2.17 bits per heavy atom. The van der Waals surface area contributed by atoms with Gasteiger partial charge in [0.05, 0.1) is 17.7 Å². The topological polar surface area (TPSA) is 74.5 Å². The minimum Gasteiger partial charge on any atom is -0.478 e. The fourth-order valence-electron chi connectivity index (χ4n) is 2.98. The van der Waals surface area contributed by atoms with Crippen molar-refractivity contribution >= 4 is 16.9 Å². The molecule has 0 spiro atoms. The monoisotopic (exact) mass is 316 g/mol. The molecule has 2 heterocycles. The molecule has 5 heteroatoms. The Kier molecular flexibility index (Phi) is 5.58.